The summed E-state index contributed by atoms with van der Waals surface area (Å²) >= 11 is 6.27. The van der Waals surface area contributed by atoms with Crippen molar-refractivity contribution in [2.24, 2.45) is 23.8 Å². The molecule has 3 fully saturated rings. The van der Waals surface area contributed by atoms with E-state index in [1.54, 1.807) is 55.3 Å². The minimum atomic E-state index is -2.66. The van der Waals surface area contributed by atoms with E-state index in [9.17, 15) is 23.6 Å². The number of carbonyl (C=O) groups excluding carboxylic acids is 2. The number of hydrogen-bond acceptors (Lipinski definition) is 10. The molecule has 1 N–H and O–H groups in total. The molecule has 0 atom stereocenters. The van der Waals surface area contributed by atoms with Crippen molar-refractivity contribution in [3.63, 3.8) is 0 Å². The number of aromatic nitrogens is 6. The van der Waals surface area contributed by atoms with Crippen LogP contribution < -0.4 is 15.0 Å². The molecule has 3 aliphatic heterocycles. The molecule has 0 spiro atoms. The first-order chi connectivity index (χ1) is 34.5. The summed E-state index contributed by atoms with van der Waals surface area (Å²) in [6.07, 6.45) is 12.0. The van der Waals surface area contributed by atoms with Gasteiger partial charge in [-0.25, -0.2) is 18.7 Å². The molecule has 0 unspecified atom stereocenters. The molecule has 2 amide bonds. The van der Waals surface area contributed by atoms with Gasteiger partial charge in [0.05, 0.1) is 34.9 Å². The van der Waals surface area contributed by atoms with Gasteiger partial charge < -0.3 is 24.8 Å². The zero-order valence-electron chi connectivity index (χ0n) is 41.9. The number of aryl methyl sites for hydroxylation is 2. The summed E-state index contributed by atoms with van der Waals surface area (Å²) in [6, 6.07) is 11.2. The predicted octanol–water partition coefficient (Wildman–Crippen LogP) is 9.38. The number of rotatable bonds is 9. The molecule has 6 heterocycles. The Morgan fingerprint density at radius 2 is 1.67 bits per heavy atom. The minimum absolute atomic E-state index is 0.0160. The molecule has 0 radical (unpaired) electrons. The molecule has 10 rings (SSSR count). The number of alkyl halides is 2. The number of benzene rings is 2. The summed E-state index contributed by atoms with van der Waals surface area (Å²) in [7, 11) is 1.79. The molecule has 5 aromatic rings. The fraction of sp³-hybridized carbons (Fsp3) is 0.509. The van der Waals surface area contributed by atoms with Crippen molar-refractivity contribution in [1.29, 1.82) is 5.26 Å². The lowest BCUT2D eigenvalue weighted by atomic mass is 9.49. The van der Waals surface area contributed by atoms with E-state index in [0.717, 1.165) is 92.8 Å². The number of piperidine rings is 1. The number of amides is 2. The second-order valence-electron chi connectivity index (χ2n) is 21.5. The Morgan fingerprint density at radius 3 is 2.32 bits per heavy atom. The van der Waals surface area contributed by atoms with Crippen molar-refractivity contribution in [2.75, 3.05) is 31.1 Å². The van der Waals surface area contributed by atoms with Crippen molar-refractivity contribution < 1.29 is 23.1 Å². The largest absolute Gasteiger partial charge is 0.489 e. The molecule has 0 bridgehead atoms. The van der Waals surface area contributed by atoms with E-state index < -0.39 is 17.3 Å². The summed E-state index contributed by atoms with van der Waals surface area (Å²) < 4.78 is 39.8. The summed E-state index contributed by atoms with van der Waals surface area (Å²) in [5.74, 6) is 8.36. The molecule has 14 nitrogen and oxygen atoms in total. The maximum atomic E-state index is 14.8. The monoisotopic (exact) mass is 997 g/mol. The third-order valence-electron chi connectivity index (χ3n) is 16.2. The standard InChI is InChI=1S/C55H62ClF2N11O3/c1-33(70)67-23-19-46-44(32-67)50(68-20-7-8-35-24-42(38-30-62-65(6)31-38)43(49(57)58)26-47(35)68)64-69(46)40-17-21-66(22-18-40)39-13-9-34(10-14-39)11-16-48-60-28-37(29-61-48)51(71)63-52-54(2,3)53(55(52,4)5)72-41-15-12-36(27-59)45(56)25-41/h12,15,24-26,28-31,34,39-40,49,52-53H,7-10,13-14,17-23,32H2,1-6H3,(H,63,71). The fourth-order valence-corrected chi connectivity index (χ4v) is 12.9. The van der Waals surface area contributed by atoms with Crippen LogP contribution in [-0.4, -0.2) is 95.5 Å². The topological polar surface area (TPSA) is 150 Å². The molecule has 17 heteroatoms. The average Bonchev–Trinajstić information content (AvgIpc) is 3.99. The van der Waals surface area contributed by atoms with Gasteiger partial charge in [-0.15, -0.1) is 0 Å². The number of nitrogens with zero attached hydrogens (tertiary/aromatic N) is 10. The fourth-order valence-electron chi connectivity index (χ4n) is 12.6. The molecule has 376 valence electrons. The van der Waals surface area contributed by atoms with E-state index in [1.165, 1.54) is 12.4 Å². The Hall–Kier alpha value is -6.36. The number of likely N-dealkylation sites (tertiary alicyclic amines) is 1. The van der Waals surface area contributed by atoms with Gasteiger partial charge in [-0.2, -0.15) is 15.5 Å². The molecule has 2 aliphatic carbocycles. The van der Waals surface area contributed by atoms with Crippen molar-refractivity contribution >= 4 is 34.9 Å². The quantitative estimate of drug-likeness (QED) is 0.142. The lowest BCUT2D eigenvalue weighted by Crippen LogP contribution is -2.74. The van der Waals surface area contributed by atoms with Crippen LogP contribution in [0, 0.1) is 39.9 Å². The van der Waals surface area contributed by atoms with E-state index in [0.29, 0.717) is 70.9 Å². The Labute approximate surface area is 425 Å². The van der Waals surface area contributed by atoms with Crippen molar-refractivity contribution in [1.82, 2.24) is 44.6 Å². The maximum Gasteiger partial charge on any atom is 0.264 e. The van der Waals surface area contributed by atoms with Crippen molar-refractivity contribution in [3.8, 4) is 34.8 Å². The zero-order valence-corrected chi connectivity index (χ0v) is 42.6. The highest BCUT2D eigenvalue weighted by Crippen LogP contribution is 2.56. The van der Waals surface area contributed by atoms with E-state index in [2.05, 4.69) is 80.5 Å². The van der Waals surface area contributed by atoms with Crippen LogP contribution in [0.4, 0.5) is 20.3 Å². The van der Waals surface area contributed by atoms with Crippen LogP contribution in [0.1, 0.15) is 136 Å². The molecule has 1 saturated heterocycles. The van der Waals surface area contributed by atoms with Crippen LogP contribution in [-0.2, 0) is 31.2 Å². The number of halogens is 3. The Morgan fingerprint density at radius 1 is 0.931 bits per heavy atom. The zero-order chi connectivity index (χ0) is 50.6. The van der Waals surface area contributed by atoms with Gasteiger partial charge in [0, 0.05) is 128 Å². The number of hydrogen-bond donors (Lipinski definition) is 1. The highest BCUT2D eigenvalue weighted by atomic mass is 35.5. The van der Waals surface area contributed by atoms with Gasteiger partial charge in [0.1, 0.15) is 17.9 Å². The molecular formula is C55H62ClF2N11O3. The van der Waals surface area contributed by atoms with Gasteiger partial charge in [-0.1, -0.05) is 45.2 Å². The van der Waals surface area contributed by atoms with E-state index in [1.807, 2.05) is 11.0 Å². The van der Waals surface area contributed by atoms with E-state index in [-0.39, 0.29) is 41.5 Å². The lowest BCUT2D eigenvalue weighted by molar-refractivity contribution is -0.164. The smallest absolute Gasteiger partial charge is 0.264 e. The van der Waals surface area contributed by atoms with Gasteiger partial charge in [0.2, 0.25) is 11.7 Å². The summed E-state index contributed by atoms with van der Waals surface area (Å²) in [5.41, 5.74) is 5.08. The van der Waals surface area contributed by atoms with Crippen LogP contribution in [0.3, 0.4) is 0 Å². The van der Waals surface area contributed by atoms with Gasteiger partial charge in [0.25, 0.3) is 12.3 Å². The number of ether oxygens (including phenoxy) is 1. The van der Waals surface area contributed by atoms with E-state index >= 15 is 0 Å². The normalized spacial score (nSPS) is 22.7. The number of nitriles is 1. The summed E-state index contributed by atoms with van der Waals surface area (Å²) in [6.45, 7) is 13.5. The van der Waals surface area contributed by atoms with Gasteiger partial charge in [-0.05, 0) is 92.7 Å². The van der Waals surface area contributed by atoms with Crippen LogP contribution >= 0.6 is 11.6 Å². The molecule has 2 aromatic carbocycles. The van der Waals surface area contributed by atoms with Crippen LogP contribution in [0.25, 0.3) is 11.1 Å². The Kier molecular flexibility index (Phi) is 13.4. The average molecular weight is 999 g/mol. The molecule has 3 aromatic heterocycles. The van der Waals surface area contributed by atoms with Crippen molar-refractivity contribution in [3.05, 3.63) is 99.5 Å². The van der Waals surface area contributed by atoms with Crippen LogP contribution in [0.2, 0.25) is 5.02 Å². The second kappa shape index (κ2) is 19.6. The lowest BCUT2D eigenvalue weighted by Gasteiger charge is -2.63. The summed E-state index contributed by atoms with van der Waals surface area (Å²) in [5, 5.41) is 22.4. The van der Waals surface area contributed by atoms with E-state index in [4.69, 9.17) is 21.4 Å². The minimum Gasteiger partial charge on any atom is -0.489 e. The van der Waals surface area contributed by atoms with Crippen molar-refractivity contribution in [2.45, 2.75) is 130 Å². The molecule has 72 heavy (non-hydrogen) atoms. The predicted molar refractivity (Wildman–Crippen MR) is 270 cm³/mol. The number of carbonyl (C=O) groups is 2. The third-order valence-corrected chi connectivity index (χ3v) is 16.5. The van der Waals surface area contributed by atoms with Crippen LogP contribution in [0.5, 0.6) is 5.75 Å². The third kappa shape index (κ3) is 9.33. The number of nitrogens with one attached hydrogen (secondary N) is 1. The molecule has 2 saturated carbocycles. The first-order valence-corrected chi connectivity index (χ1v) is 25.7. The Bertz CT molecular complexity index is 2970. The number of anilines is 2. The number of fused-ring (bicyclic) bond motifs is 2. The molecular weight excluding hydrogens is 936 g/mol. The first-order valence-electron chi connectivity index (χ1n) is 25.3. The highest BCUT2D eigenvalue weighted by Gasteiger charge is 2.64. The maximum absolute atomic E-state index is 14.8. The highest BCUT2D eigenvalue weighted by molar-refractivity contribution is 6.31. The SMILES string of the molecule is CC(=O)N1CCc2c(c(N3CCCc4cc(-c5cnn(C)c5)c(C(F)F)cc43)nn2C2CCN(C3CCC(C#Cc4ncc(C(=O)NC5C(C)(C)C(Oc6ccc(C#N)c(Cl)c6)C5(C)C)cn4)CC3)CC2)C1. The second-order valence-corrected chi connectivity index (χ2v) is 22.0. The Balaban J connectivity index is 0.748. The van der Waals surface area contributed by atoms with Crippen LogP contribution in [0.15, 0.2) is 55.1 Å². The molecule has 5 aliphatic rings. The summed E-state index contributed by atoms with van der Waals surface area (Å²) in [4.78, 5) is 41.7. The first kappa shape index (κ1) is 49.2. The van der Waals surface area contributed by atoms with Gasteiger partial charge in [-0.3, -0.25) is 19.0 Å². The van der Waals surface area contributed by atoms with Gasteiger partial charge in [0.15, 0.2) is 5.82 Å². The van der Waals surface area contributed by atoms with Gasteiger partial charge >= 0.3 is 0 Å².